The van der Waals surface area contributed by atoms with Crippen molar-refractivity contribution in [3.05, 3.63) is 77.9 Å². The molecule has 2 amide bonds. The Labute approximate surface area is 145 Å². The number of hydrogen-bond donors (Lipinski definition) is 2. The Balaban J connectivity index is 1.67. The van der Waals surface area contributed by atoms with E-state index in [9.17, 15) is 9.59 Å². The quantitative estimate of drug-likeness (QED) is 0.769. The van der Waals surface area contributed by atoms with Crippen LogP contribution in [0.2, 0.25) is 0 Å². The summed E-state index contributed by atoms with van der Waals surface area (Å²) in [5, 5.41) is 5.59. The van der Waals surface area contributed by atoms with Gasteiger partial charge >= 0.3 is 0 Å². The number of rotatable bonds is 4. The van der Waals surface area contributed by atoms with E-state index in [-0.39, 0.29) is 11.8 Å². The first kappa shape index (κ1) is 16.4. The molecule has 25 heavy (non-hydrogen) atoms. The second-order valence-electron chi connectivity index (χ2n) is 5.65. The molecule has 6 heteroatoms. The Morgan fingerprint density at radius 2 is 1.64 bits per heavy atom. The second-order valence-corrected chi connectivity index (χ2v) is 5.65. The summed E-state index contributed by atoms with van der Waals surface area (Å²) in [6, 6.07) is 13.9. The van der Waals surface area contributed by atoms with E-state index in [0.29, 0.717) is 22.6 Å². The van der Waals surface area contributed by atoms with Crippen LogP contribution in [0.15, 0.2) is 60.9 Å². The lowest BCUT2D eigenvalue weighted by atomic mass is 10.2. The van der Waals surface area contributed by atoms with Gasteiger partial charge in [-0.25, -0.2) is 0 Å². The van der Waals surface area contributed by atoms with E-state index in [1.807, 2.05) is 24.6 Å². The van der Waals surface area contributed by atoms with Gasteiger partial charge in [-0.2, -0.15) is 0 Å². The zero-order valence-corrected chi connectivity index (χ0v) is 14.0. The summed E-state index contributed by atoms with van der Waals surface area (Å²) in [4.78, 5) is 28.4. The molecule has 2 aromatic heterocycles. The summed E-state index contributed by atoms with van der Waals surface area (Å²) >= 11 is 0. The number of aryl methyl sites for hydroxylation is 1. The number of anilines is 2. The number of benzene rings is 1. The normalized spacial score (nSPS) is 10.3. The molecule has 0 aliphatic heterocycles. The van der Waals surface area contributed by atoms with Crippen molar-refractivity contribution >= 4 is 23.2 Å². The largest absolute Gasteiger partial charge is 0.344 e. The van der Waals surface area contributed by atoms with Crippen molar-refractivity contribution in [2.75, 3.05) is 10.6 Å². The first-order chi connectivity index (χ1) is 12.0. The maximum absolute atomic E-state index is 12.3. The number of nitrogens with zero attached hydrogens (tertiary/aromatic N) is 2. The van der Waals surface area contributed by atoms with Gasteiger partial charge in [0.25, 0.3) is 11.8 Å². The molecule has 0 atom stereocenters. The molecular formula is C19H18N4O2. The van der Waals surface area contributed by atoms with Gasteiger partial charge in [0, 0.05) is 30.2 Å². The molecular weight excluding hydrogens is 316 g/mol. The van der Waals surface area contributed by atoms with E-state index in [2.05, 4.69) is 15.6 Å². The van der Waals surface area contributed by atoms with Gasteiger partial charge in [0.15, 0.2) is 0 Å². The Morgan fingerprint density at radius 1 is 0.920 bits per heavy atom. The van der Waals surface area contributed by atoms with Crippen LogP contribution in [-0.2, 0) is 7.05 Å². The first-order valence-electron chi connectivity index (χ1n) is 7.80. The lowest BCUT2D eigenvalue weighted by Gasteiger charge is -2.08. The van der Waals surface area contributed by atoms with E-state index >= 15 is 0 Å². The minimum absolute atomic E-state index is 0.192. The van der Waals surface area contributed by atoms with Crippen molar-refractivity contribution in [1.82, 2.24) is 9.55 Å². The van der Waals surface area contributed by atoms with Crippen LogP contribution >= 0.6 is 0 Å². The Hall–Kier alpha value is -3.41. The third kappa shape index (κ3) is 3.74. The van der Waals surface area contributed by atoms with Crippen molar-refractivity contribution < 1.29 is 9.59 Å². The molecule has 6 nitrogen and oxygen atoms in total. The highest BCUT2D eigenvalue weighted by atomic mass is 16.2. The Kier molecular flexibility index (Phi) is 4.61. The number of nitrogens with one attached hydrogen (secondary N) is 2. The minimum atomic E-state index is -0.232. The Bertz CT molecular complexity index is 899. The second kappa shape index (κ2) is 7.00. The summed E-state index contributed by atoms with van der Waals surface area (Å²) in [5.74, 6) is -0.424. The van der Waals surface area contributed by atoms with Crippen molar-refractivity contribution in [3.63, 3.8) is 0 Å². The fourth-order valence-corrected chi connectivity index (χ4v) is 2.38. The average Bonchev–Trinajstić information content (AvgIpc) is 2.95. The van der Waals surface area contributed by atoms with Crippen molar-refractivity contribution in [1.29, 1.82) is 0 Å². The van der Waals surface area contributed by atoms with E-state index in [1.165, 1.54) is 0 Å². The molecule has 0 unspecified atom stereocenters. The van der Waals surface area contributed by atoms with Gasteiger partial charge in [-0.1, -0.05) is 0 Å². The molecule has 0 aliphatic carbocycles. The van der Waals surface area contributed by atoms with E-state index < -0.39 is 0 Å². The SMILES string of the molecule is Cc1ccc(C(=O)Nc2ccc(C(=O)Nc3cccnc3)cc2)n1C. The van der Waals surface area contributed by atoms with Gasteiger partial charge in [-0.3, -0.25) is 14.6 Å². The van der Waals surface area contributed by atoms with Crippen LogP contribution < -0.4 is 10.6 Å². The molecule has 126 valence electrons. The molecule has 0 fully saturated rings. The number of hydrogen-bond acceptors (Lipinski definition) is 3. The molecule has 0 saturated carbocycles. The van der Waals surface area contributed by atoms with Crippen molar-refractivity contribution in [3.8, 4) is 0 Å². The third-order valence-electron chi connectivity index (χ3n) is 3.93. The fourth-order valence-electron chi connectivity index (χ4n) is 2.38. The molecule has 2 N–H and O–H groups in total. The number of aromatic nitrogens is 2. The lowest BCUT2D eigenvalue weighted by Crippen LogP contribution is -2.16. The maximum atomic E-state index is 12.3. The zero-order valence-electron chi connectivity index (χ0n) is 14.0. The lowest BCUT2D eigenvalue weighted by molar-refractivity contribution is 0.101. The summed E-state index contributed by atoms with van der Waals surface area (Å²) in [5.41, 5.74) is 3.34. The minimum Gasteiger partial charge on any atom is -0.344 e. The van der Waals surface area contributed by atoms with Crippen LogP contribution in [0.3, 0.4) is 0 Å². The number of pyridine rings is 1. The highest BCUT2D eigenvalue weighted by Crippen LogP contribution is 2.14. The molecule has 0 bridgehead atoms. The van der Waals surface area contributed by atoms with Crippen LogP contribution in [0.4, 0.5) is 11.4 Å². The molecule has 1 aromatic carbocycles. The van der Waals surface area contributed by atoms with Gasteiger partial charge in [0.05, 0.1) is 11.9 Å². The van der Waals surface area contributed by atoms with Crippen molar-refractivity contribution in [2.24, 2.45) is 7.05 Å². The average molecular weight is 334 g/mol. The number of amides is 2. The molecule has 3 rings (SSSR count). The van der Waals surface area contributed by atoms with Gasteiger partial charge in [-0.05, 0) is 55.5 Å². The highest BCUT2D eigenvalue weighted by Gasteiger charge is 2.12. The predicted octanol–water partition coefficient (Wildman–Crippen LogP) is 3.23. The molecule has 0 aliphatic rings. The summed E-state index contributed by atoms with van der Waals surface area (Å²) < 4.78 is 1.82. The van der Waals surface area contributed by atoms with E-state index in [1.54, 1.807) is 54.9 Å². The first-order valence-corrected chi connectivity index (χ1v) is 7.80. The van der Waals surface area contributed by atoms with Gasteiger partial charge in [0.1, 0.15) is 5.69 Å². The molecule has 0 spiro atoms. The standard InChI is InChI=1S/C19H18N4O2/c1-13-5-10-17(23(13)2)19(25)21-15-8-6-14(7-9-15)18(24)22-16-4-3-11-20-12-16/h3-12H,1-2H3,(H,21,25)(H,22,24). The zero-order chi connectivity index (χ0) is 17.8. The van der Waals surface area contributed by atoms with E-state index in [4.69, 9.17) is 0 Å². The van der Waals surface area contributed by atoms with Crippen LogP contribution in [0, 0.1) is 6.92 Å². The predicted molar refractivity (Wildman–Crippen MR) is 96.7 cm³/mol. The van der Waals surface area contributed by atoms with Gasteiger partial charge in [0.2, 0.25) is 0 Å². The fraction of sp³-hybridized carbons (Fsp3) is 0.105. The van der Waals surface area contributed by atoms with Gasteiger partial charge < -0.3 is 15.2 Å². The third-order valence-corrected chi connectivity index (χ3v) is 3.93. The van der Waals surface area contributed by atoms with E-state index in [0.717, 1.165) is 5.69 Å². The topological polar surface area (TPSA) is 76.0 Å². The van der Waals surface area contributed by atoms with Crippen LogP contribution in [0.5, 0.6) is 0 Å². The number of carbonyl (C=O) groups excluding carboxylic acids is 2. The van der Waals surface area contributed by atoms with Crippen molar-refractivity contribution in [2.45, 2.75) is 6.92 Å². The van der Waals surface area contributed by atoms with Gasteiger partial charge in [-0.15, -0.1) is 0 Å². The molecule has 0 saturated heterocycles. The molecule has 0 radical (unpaired) electrons. The highest BCUT2D eigenvalue weighted by molar-refractivity contribution is 6.05. The monoisotopic (exact) mass is 334 g/mol. The summed E-state index contributed by atoms with van der Waals surface area (Å²) in [7, 11) is 1.84. The molecule has 2 heterocycles. The smallest absolute Gasteiger partial charge is 0.272 e. The molecule has 3 aromatic rings. The number of carbonyl (C=O) groups is 2. The summed E-state index contributed by atoms with van der Waals surface area (Å²) in [6.45, 7) is 1.94. The Morgan fingerprint density at radius 3 is 2.24 bits per heavy atom. The summed E-state index contributed by atoms with van der Waals surface area (Å²) in [6.07, 6.45) is 3.22. The van der Waals surface area contributed by atoms with Crippen LogP contribution in [0.25, 0.3) is 0 Å². The maximum Gasteiger partial charge on any atom is 0.272 e. The van der Waals surface area contributed by atoms with Crippen LogP contribution in [-0.4, -0.2) is 21.4 Å². The van der Waals surface area contributed by atoms with Crippen LogP contribution in [0.1, 0.15) is 26.5 Å².